The maximum atomic E-state index is 10.7. The second-order valence-corrected chi connectivity index (χ2v) is 4.59. The number of hydrogen-bond donors (Lipinski definition) is 1. The number of carboxylic acids is 1. The molecule has 1 atom stereocenters. The van der Waals surface area contributed by atoms with Gasteiger partial charge in [-0.15, -0.1) is 11.3 Å². The van der Waals surface area contributed by atoms with E-state index in [9.17, 15) is 4.79 Å². The normalized spacial score (nSPS) is 13.1. The monoisotopic (exact) mass is 214 g/mol. The summed E-state index contributed by atoms with van der Waals surface area (Å²) in [5, 5.41) is 9.79. The molecule has 5 heteroatoms. The number of nitrogens with zero attached hydrogens (tertiary/aromatic N) is 2. The zero-order valence-corrected chi connectivity index (χ0v) is 9.34. The smallest absolute Gasteiger partial charge is 0.320 e. The predicted molar refractivity (Wildman–Crippen MR) is 55.4 cm³/mol. The predicted octanol–water partition coefficient (Wildman–Crippen LogP) is 1.36. The molecular formula is C9H14N2O2S. The van der Waals surface area contributed by atoms with Crippen molar-refractivity contribution in [1.29, 1.82) is 0 Å². The molecule has 0 aliphatic heterocycles. The van der Waals surface area contributed by atoms with Crippen molar-refractivity contribution in [2.45, 2.75) is 26.4 Å². The van der Waals surface area contributed by atoms with Gasteiger partial charge in [-0.3, -0.25) is 9.69 Å². The molecule has 0 aromatic carbocycles. The van der Waals surface area contributed by atoms with Gasteiger partial charge in [0.25, 0.3) is 0 Å². The maximum Gasteiger partial charge on any atom is 0.320 e. The van der Waals surface area contributed by atoms with E-state index >= 15 is 0 Å². The Labute approximate surface area is 87.2 Å². The van der Waals surface area contributed by atoms with Gasteiger partial charge in [0.2, 0.25) is 0 Å². The van der Waals surface area contributed by atoms with Crippen LogP contribution in [0.5, 0.6) is 0 Å². The molecule has 0 aliphatic rings. The molecule has 0 saturated carbocycles. The van der Waals surface area contributed by atoms with Crippen LogP contribution in [-0.4, -0.2) is 34.0 Å². The zero-order valence-electron chi connectivity index (χ0n) is 8.52. The van der Waals surface area contributed by atoms with E-state index in [-0.39, 0.29) is 0 Å². The van der Waals surface area contributed by atoms with Crippen molar-refractivity contribution >= 4 is 17.3 Å². The second-order valence-electron chi connectivity index (χ2n) is 3.27. The van der Waals surface area contributed by atoms with E-state index in [4.69, 9.17) is 5.11 Å². The van der Waals surface area contributed by atoms with Gasteiger partial charge in [-0.25, -0.2) is 4.98 Å². The Morgan fingerprint density at radius 3 is 2.86 bits per heavy atom. The van der Waals surface area contributed by atoms with E-state index in [2.05, 4.69) is 4.98 Å². The number of thiazole rings is 1. The average Bonchev–Trinajstić information content (AvgIpc) is 2.49. The van der Waals surface area contributed by atoms with E-state index in [0.717, 1.165) is 9.88 Å². The summed E-state index contributed by atoms with van der Waals surface area (Å²) < 4.78 is 0. The van der Waals surface area contributed by atoms with Gasteiger partial charge in [0.1, 0.15) is 6.04 Å². The Kier molecular flexibility index (Phi) is 3.60. The highest BCUT2D eigenvalue weighted by Gasteiger charge is 2.17. The lowest BCUT2D eigenvalue weighted by Gasteiger charge is -2.19. The highest BCUT2D eigenvalue weighted by Crippen LogP contribution is 2.14. The Morgan fingerprint density at radius 1 is 1.79 bits per heavy atom. The summed E-state index contributed by atoms with van der Waals surface area (Å²) in [6, 6.07) is -0.461. The number of aromatic nitrogens is 1. The molecule has 1 aromatic rings. The van der Waals surface area contributed by atoms with E-state index in [0.29, 0.717) is 6.54 Å². The molecule has 0 aliphatic carbocycles. The van der Waals surface area contributed by atoms with Crippen molar-refractivity contribution in [3.05, 3.63) is 16.1 Å². The molecule has 0 radical (unpaired) electrons. The molecule has 0 saturated heterocycles. The lowest BCUT2D eigenvalue weighted by molar-refractivity contribution is -0.142. The van der Waals surface area contributed by atoms with Crippen LogP contribution in [0.4, 0.5) is 0 Å². The van der Waals surface area contributed by atoms with E-state index in [1.807, 2.05) is 6.92 Å². The molecule has 4 nitrogen and oxygen atoms in total. The van der Waals surface area contributed by atoms with Crippen molar-refractivity contribution in [3.63, 3.8) is 0 Å². The van der Waals surface area contributed by atoms with Crippen LogP contribution < -0.4 is 0 Å². The molecule has 0 fully saturated rings. The minimum absolute atomic E-state index is 0.461. The SMILES string of the molecule is Cc1ncc(CN(C)C(C)C(=O)O)s1. The van der Waals surface area contributed by atoms with Crippen LogP contribution in [0.15, 0.2) is 6.20 Å². The van der Waals surface area contributed by atoms with Crippen LogP contribution in [0.2, 0.25) is 0 Å². The van der Waals surface area contributed by atoms with Crippen LogP contribution >= 0.6 is 11.3 Å². The van der Waals surface area contributed by atoms with Crippen molar-refractivity contribution in [2.24, 2.45) is 0 Å². The third kappa shape index (κ3) is 2.78. The first-order chi connectivity index (χ1) is 6.50. The quantitative estimate of drug-likeness (QED) is 0.822. The number of rotatable bonds is 4. The molecular weight excluding hydrogens is 200 g/mol. The van der Waals surface area contributed by atoms with E-state index in [1.54, 1.807) is 36.4 Å². The zero-order chi connectivity index (χ0) is 10.7. The van der Waals surface area contributed by atoms with Gasteiger partial charge in [0.05, 0.1) is 5.01 Å². The first-order valence-electron chi connectivity index (χ1n) is 4.35. The Hall–Kier alpha value is -0.940. The van der Waals surface area contributed by atoms with Crippen LogP contribution in [0.3, 0.4) is 0 Å². The van der Waals surface area contributed by atoms with E-state index in [1.165, 1.54) is 0 Å². The second kappa shape index (κ2) is 4.52. The van der Waals surface area contributed by atoms with Crippen molar-refractivity contribution in [1.82, 2.24) is 9.88 Å². The van der Waals surface area contributed by atoms with Gasteiger partial charge in [-0.05, 0) is 20.9 Å². The summed E-state index contributed by atoms with van der Waals surface area (Å²) in [5.41, 5.74) is 0. The molecule has 78 valence electrons. The lowest BCUT2D eigenvalue weighted by atomic mass is 10.3. The van der Waals surface area contributed by atoms with Crippen LogP contribution in [0.1, 0.15) is 16.8 Å². The first-order valence-corrected chi connectivity index (χ1v) is 5.16. The van der Waals surface area contributed by atoms with Crippen molar-refractivity contribution in [2.75, 3.05) is 7.05 Å². The number of aliphatic carboxylic acids is 1. The minimum Gasteiger partial charge on any atom is -0.480 e. The fourth-order valence-electron chi connectivity index (χ4n) is 1.05. The summed E-state index contributed by atoms with van der Waals surface area (Å²) in [4.78, 5) is 17.7. The maximum absolute atomic E-state index is 10.7. The molecule has 1 aromatic heterocycles. The Bertz CT molecular complexity index is 324. The standard InChI is InChI=1S/C9H14N2O2S/c1-6(9(12)13)11(3)5-8-4-10-7(2)14-8/h4,6H,5H2,1-3H3,(H,12,13). The fourth-order valence-corrected chi connectivity index (χ4v) is 1.91. The topological polar surface area (TPSA) is 53.4 Å². The number of carboxylic acid groups (broad SMARTS) is 1. The van der Waals surface area contributed by atoms with Crippen LogP contribution in [0.25, 0.3) is 0 Å². The van der Waals surface area contributed by atoms with Gasteiger partial charge < -0.3 is 5.11 Å². The summed E-state index contributed by atoms with van der Waals surface area (Å²) in [7, 11) is 1.80. The molecule has 0 bridgehead atoms. The van der Waals surface area contributed by atoms with E-state index < -0.39 is 12.0 Å². The molecule has 1 heterocycles. The summed E-state index contributed by atoms with van der Waals surface area (Å²) >= 11 is 1.60. The number of carbonyl (C=O) groups is 1. The number of aryl methyl sites for hydroxylation is 1. The minimum atomic E-state index is -0.797. The third-order valence-corrected chi connectivity index (χ3v) is 2.99. The van der Waals surface area contributed by atoms with Crippen molar-refractivity contribution < 1.29 is 9.90 Å². The molecule has 0 spiro atoms. The molecule has 1 N–H and O–H groups in total. The van der Waals surface area contributed by atoms with Gasteiger partial charge in [-0.1, -0.05) is 0 Å². The van der Waals surface area contributed by atoms with Crippen molar-refractivity contribution in [3.8, 4) is 0 Å². The molecule has 1 rings (SSSR count). The fraction of sp³-hybridized carbons (Fsp3) is 0.556. The third-order valence-electron chi connectivity index (χ3n) is 2.09. The Balaban J connectivity index is 2.56. The number of hydrogen-bond acceptors (Lipinski definition) is 4. The molecule has 0 amide bonds. The average molecular weight is 214 g/mol. The van der Waals surface area contributed by atoms with Gasteiger partial charge in [-0.2, -0.15) is 0 Å². The highest BCUT2D eigenvalue weighted by atomic mass is 32.1. The lowest BCUT2D eigenvalue weighted by Crippen LogP contribution is -2.35. The first kappa shape index (κ1) is 11.1. The highest BCUT2D eigenvalue weighted by molar-refractivity contribution is 7.11. The van der Waals surface area contributed by atoms with Crippen LogP contribution in [-0.2, 0) is 11.3 Å². The van der Waals surface area contributed by atoms with Gasteiger partial charge >= 0.3 is 5.97 Å². The van der Waals surface area contributed by atoms with Crippen LogP contribution in [0, 0.1) is 6.92 Å². The number of likely N-dealkylation sites (N-methyl/N-ethyl adjacent to an activating group) is 1. The van der Waals surface area contributed by atoms with Gasteiger partial charge in [0.15, 0.2) is 0 Å². The summed E-state index contributed by atoms with van der Waals surface area (Å²) in [6.45, 7) is 4.25. The molecule has 14 heavy (non-hydrogen) atoms. The Morgan fingerprint density at radius 2 is 2.43 bits per heavy atom. The summed E-state index contributed by atoms with van der Waals surface area (Å²) in [5.74, 6) is -0.797. The summed E-state index contributed by atoms with van der Waals surface area (Å²) in [6.07, 6.45) is 1.80. The van der Waals surface area contributed by atoms with Gasteiger partial charge in [0, 0.05) is 17.6 Å². The molecule has 1 unspecified atom stereocenters. The largest absolute Gasteiger partial charge is 0.480 e.